The summed E-state index contributed by atoms with van der Waals surface area (Å²) in [6, 6.07) is 3.99. The predicted molar refractivity (Wildman–Crippen MR) is 78.5 cm³/mol. The fraction of sp³-hybridized carbons (Fsp3) is 0.562. The maximum Gasteiger partial charge on any atom is 0.128 e. The molecule has 20 heavy (non-hydrogen) atoms. The molecule has 2 aromatic rings. The number of imidazole rings is 1. The highest BCUT2D eigenvalue weighted by molar-refractivity contribution is 6.16. The summed E-state index contributed by atoms with van der Waals surface area (Å²) in [5, 5.41) is 0. The molecule has 0 spiro atoms. The quantitative estimate of drug-likeness (QED) is 0.741. The van der Waals surface area contributed by atoms with Crippen LogP contribution >= 0.6 is 11.6 Å². The van der Waals surface area contributed by atoms with Crippen molar-refractivity contribution in [2.24, 2.45) is 11.8 Å². The Hall–Kier alpha value is -1.09. The molecule has 1 aromatic heterocycles. The second-order valence-corrected chi connectivity index (χ2v) is 6.63. The van der Waals surface area contributed by atoms with Crippen molar-refractivity contribution in [2.75, 3.05) is 0 Å². The Morgan fingerprint density at radius 3 is 2.85 bits per heavy atom. The highest BCUT2D eigenvalue weighted by atomic mass is 35.5. The van der Waals surface area contributed by atoms with E-state index in [0.29, 0.717) is 17.5 Å². The monoisotopic (exact) mass is 292 g/mol. The van der Waals surface area contributed by atoms with E-state index in [9.17, 15) is 4.39 Å². The van der Waals surface area contributed by atoms with E-state index in [2.05, 4.69) is 9.55 Å². The van der Waals surface area contributed by atoms with Gasteiger partial charge in [-0.3, -0.25) is 0 Å². The smallest absolute Gasteiger partial charge is 0.128 e. The zero-order valence-corrected chi connectivity index (χ0v) is 12.3. The second-order valence-electron chi connectivity index (χ2n) is 6.36. The summed E-state index contributed by atoms with van der Waals surface area (Å²) in [5.74, 6) is 2.72. The van der Waals surface area contributed by atoms with Crippen molar-refractivity contribution in [1.82, 2.24) is 9.55 Å². The Labute approximate surface area is 122 Å². The summed E-state index contributed by atoms with van der Waals surface area (Å²) in [5.41, 5.74) is 2.48. The van der Waals surface area contributed by atoms with Crippen LogP contribution in [0.1, 0.15) is 43.1 Å². The molecular formula is C16H18ClFN2. The van der Waals surface area contributed by atoms with Gasteiger partial charge in [-0.25, -0.2) is 9.37 Å². The average molecular weight is 293 g/mol. The van der Waals surface area contributed by atoms with E-state index in [1.54, 1.807) is 6.07 Å². The first-order valence-electron chi connectivity index (χ1n) is 7.40. The Morgan fingerprint density at radius 1 is 1.35 bits per heavy atom. The fourth-order valence-electron chi connectivity index (χ4n) is 4.26. The first-order valence-corrected chi connectivity index (χ1v) is 7.93. The van der Waals surface area contributed by atoms with E-state index in [1.807, 2.05) is 13.0 Å². The van der Waals surface area contributed by atoms with Gasteiger partial charge in [-0.2, -0.15) is 0 Å². The predicted octanol–water partition coefficient (Wildman–Crippen LogP) is 4.58. The number of hydrogen-bond donors (Lipinski definition) is 0. The highest BCUT2D eigenvalue weighted by Crippen LogP contribution is 2.51. The molecule has 2 nitrogen and oxygen atoms in total. The third kappa shape index (κ3) is 1.72. The van der Waals surface area contributed by atoms with Crippen molar-refractivity contribution in [3.05, 3.63) is 29.3 Å². The van der Waals surface area contributed by atoms with Crippen molar-refractivity contribution in [3.63, 3.8) is 0 Å². The van der Waals surface area contributed by atoms with Crippen LogP contribution in [0.5, 0.6) is 0 Å². The van der Waals surface area contributed by atoms with Crippen LogP contribution in [0.3, 0.4) is 0 Å². The summed E-state index contributed by atoms with van der Waals surface area (Å²) in [7, 11) is 0. The number of aromatic nitrogens is 2. The third-order valence-corrected chi connectivity index (χ3v) is 5.43. The minimum atomic E-state index is -0.184. The van der Waals surface area contributed by atoms with Crippen molar-refractivity contribution >= 4 is 22.6 Å². The van der Waals surface area contributed by atoms with Crippen LogP contribution in [0.25, 0.3) is 11.0 Å². The SMILES string of the molecule is Cc1cc2c(cc1F)nc(CCl)n2C1CC2CCC1C2. The molecule has 2 aliphatic rings. The molecule has 1 heterocycles. The lowest BCUT2D eigenvalue weighted by molar-refractivity contribution is 0.331. The zero-order valence-electron chi connectivity index (χ0n) is 11.6. The second kappa shape index (κ2) is 4.45. The van der Waals surface area contributed by atoms with Crippen LogP contribution in [0.15, 0.2) is 12.1 Å². The summed E-state index contributed by atoms with van der Waals surface area (Å²) < 4.78 is 16.0. The molecule has 0 amide bonds. The molecule has 0 saturated heterocycles. The van der Waals surface area contributed by atoms with Crippen LogP contribution < -0.4 is 0 Å². The molecular weight excluding hydrogens is 275 g/mol. The summed E-state index contributed by atoms with van der Waals surface area (Å²) in [6.07, 6.45) is 5.26. The van der Waals surface area contributed by atoms with E-state index in [-0.39, 0.29) is 5.82 Å². The van der Waals surface area contributed by atoms with Gasteiger partial charge in [0, 0.05) is 12.1 Å². The number of alkyl halides is 1. The van der Waals surface area contributed by atoms with Crippen molar-refractivity contribution in [3.8, 4) is 0 Å². The topological polar surface area (TPSA) is 17.8 Å². The molecule has 1 aromatic carbocycles. The average Bonchev–Trinajstić information content (AvgIpc) is 3.12. The van der Waals surface area contributed by atoms with Crippen molar-refractivity contribution < 1.29 is 4.39 Å². The molecule has 0 aliphatic heterocycles. The van der Waals surface area contributed by atoms with Gasteiger partial charge in [0.2, 0.25) is 0 Å². The molecule has 4 rings (SSSR count). The lowest BCUT2D eigenvalue weighted by Gasteiger charge is -2.25. The molecule has 3 atom stereocenters. The molecule has 3 unspecified atom stereocenters. The molecule has 0 radical (unpaired) electrons. The van der Waals surface area contributed by atoms with Gasteiger partial charge in [0.25, 0.3) is 0 Å². The Balaban J connectivity index is 1.90. The highest BCUT2D eigenvalue weighted by Gasteiger charge is 2.41. The van der Waals surface area contributed by atoms with Crippen molar-refractivity contribution in [1.29, 1.82) is 0 Å². The van der Waals surface area contributed by atoms with Crippen LogP contribution in [0, 0.1) is 24.6 Å². The van der Waals surface area contributed by atoms with E-state index < -0.39 is 0 Å². The Morgan fingerprint density at radius 2 is 2.20 bits per heavy atom. The van der Waals surface area contributed by atoms with Gasteiger partial charge in [-0.05, 0) is 49.7 Å². The maximum atomic E-state index is 13.7. The van der Waals surface area contributed by atoms with Gasteiger partial charge in [-0.1, -0.05) is 6.42 Å². The molecule has 4 heteroatoms. The van der Waals surface area contributed by atoms with Gasteiger partial charge in [0.1, 0.15) is 11.6 Å². The number of hydrogen-bond acceptors (Lipinski definition) is 1. The Bertz CT molecular complexity index is 679. The van der Waals surface area contributed by atoms with Crippen LogP contribution in [-0.4, -0.2) is 9.55 Å². The molecule has 0 N–H and O–H groups in total. The summed E-state index contributed by atoms with van der Waals surface area (Å²) in [6.45, 7) is 1.81. The number of aryl methyl sites for hydroxylation is 1. The number of halogens is 2. The van der Waals surface area contributed by atoms with Gasteiger partial charge in [-0.15, -0.1) is 11.6 Å². The minimum Gasteiger partial charge on any atom is -0.324 e. The van der Waals surface area contributed by atoms with Gasteiger partial charge in [0.05, 0.1) is 16.9 Å². The van der Waals surface area contributed by atoms with E-state index in [4.69, 9.17) is 11.6 Å². The molecule has 106 valence electrons. The van der Waals surface area contributed by atoms with E-state index in [0.717, 1.165) is 28.7 Å². The lowest BCUT2D eigenvalue weighted by Crippen LogP contribution is -2.18. The summed E-state index contributed by atoms with van der Waals surface area (Å²) >= 11 is 6.09. The normalized spacial score (nSPS) is 28.6. The largest absolute Gasteiger partial charge is 0.324 e. The molecule has 2 saturated carbocycles. The van der Waals surface area contributed by atoms with Gasteiger partial charge >= 0.3 is 0 Å². The standard InChI is InChI=1S/C16H18ClFN2/c1-9-4-15-13(7-12(9)18)19-16(8-17)20(15)14-6-10-2-3-11(14)5-10/h4,7,10-11,14H,2-3,5-6,8H2,1H3. The van der Waals surface area contributed by atoms with Crippen molar-refractivity contribution in [2.45, 2.75) is 44.5 Å². The van der Waals surface area contributed by atoms with E-state index in [1.165, 1.54) is 25.7 Å². The number of nitrogens with zero attached hydrogens (tertiary/aromatic N) is 2. The molecule has 2 bridgehead atoms. The summed E-state index contributed by atoms with van der Waals surface area (Å²) in [4.78, 5) is 4.55. The first-order chi connectivity index (χ1) is 9.67. The van der Waals surface area contributed by atoms with Crippen LogP contribution in [-0.2, 0) is 5.88 Å². The zero-order chi connectivity index (χ0) is 13.9. The minimum absolute atomic E-state index is 0.184. The van der Waals surface area contributed by atoms with E-state index >= 15 is 0 Å². The number of rotatable bonds is 2. The lowest BCUT2D eigenvalue weighted by atomic mass is 9.95. The third-order valence-electron chi connectivity index (χ3n) is 5.19. The Kier molecular flexibility index (Phi) is 2.81. The van der Waals surface area contributed by atoms with Gasteiger partial charge in [0.15, 0.2) is 0 Å². The number of fused-ring (bicyclic) bond motifs is 3. The van der Waals surface area contributed by atoms with Gasteiger partial charge < -0.3 is 4.57 Å². The molecule has 2 aliphatic carbocycles. The van der Waals surface area contributed by atoms with Crippen LogP contribution in [0.4, 0.5) is 4.39 Å². The molecule has 2 fully saturated rings. The first kappa shape index (κ1) is 12.6. The number of benzene rings is 1. The van der Waals surface area contributed by atoms with Crippen LogP contribution in [0.2, 0.25) is 0 Å². The maximum absolute atomic E-state index is 13.7. The fourth-order valence-corrected chi connectivity index (χ4v) is 4.45.